The molecule has 0 aromatic heterocycles. The van der Waals surface area contributed by atoms with Gasteiger partial charge >= 0.3 is 6.18 Å². The maximum absolute atomic E-state index is 13.1. The second-order valence-electron chi connectivity index (χ2n) is 5.18. The number of hydrogen-bond donors (Lipinski definition) is 1. The van der Waals surface area contributed by atoms with Gasteiger partial charge < -0.3 is 5.73 Å². The molecule has 0 amide bonds. The largest absolute Gasteiger partial charge is 0.417 e. The number of nitrogens with zero attached hydrogens (tertiary/aromatic N) is 2. The van der Waals surface area contributed by atoms with Crippen molar-refractivity contribution in [3.63, 3.8) is 0 Å². The zero-order valence-corrected chi connectivity index (χ0v) is 12.6. The van der Waals surface area contributed by atoms with E-state index in [0.29, 0.717) is 18.9 Å². The Labute approximate surface area is 130 Å². The Balaban J connectivity index is 2.51. The van der Waals surface area contributed by atoms with Crippen LogP contribution in [0.3, 0.4) is 0 Å². The van der Waals surface area contributed by atoms with Crippen LogP contribution in [0.5, 0.6) is 0 Å². The van der Waals surface area contributed by atoms with Crippen molar-refractivity contribution in [2.75, 3.05) is 13.1 Å². The molecule has 1 aliphatic heterocycles. The van der Waals surface area contributed by atoms with E-state index in [4.69, 9.17) is 5.73 Å². The van der Waals surface area contributed by atoms with Gasteiger partial charge in [-0.05, 0) is 18.9 Å². The molecule has 0 radical (unpaired) electrons. The van der Waals surface area contributed by atoms with E-state index in [1.54, 1.807) is 0 Å². The van der Waals surface area contributed by atoms with Crippen molar-refractivity contribution in [2.24, 2.45) is 5.73 Å². The quantitative estimate of drug-likeness (QED) is 0.658. The van der Waals surface area contributed by atoms with Gasteiger partial charge in [0.15, 0.2) is 0 Å². The topological polar surface area (TPSA) is 107 Å². The van der Waals surface area contributed by atoms with E-state index in [0.717, 1.165) is 10.4 Å². The highest BCUT2D eigenvalue weighted by atomic mass is 32.2. The summed E-state index contributed by atoms with van der Waals surface area (Å²) in [6.07, 6.45) is -4.35. The predicted octanol–water partition coefficient (Wildman–Crippen LogP) is 1.73. The van der Waals surface area contributed by atoms with Crippen molar-refractivity contribution < 1.29 is 26.5 Å². The zero-order valence-electron chi connectivity index (χ0n) is 11.8. The summed E-state index contributed by atoms with van der Waals surface area (Å²) in [6.45, 7) is 0.0234. The van der Waals surface area contributed by atoms with Crippen LogP contribution < -0.4 is 5.73 Å². The van der Waals surface area contributed by atoms with Gasteiger partial charge in [-0.3, -0.25) is 10.1 Å². The Hall–Kier alpha value is -1.72. The molecule has 23 heavy (non-hydrogen) atoms. The zero-order chi connectivity index (χ0) is 17.4. The summed E-state index contributed by atoms with van der Waals surface area (Å²) in [7, 11) is -4.41. The van der Waals surface area contributed by atoms with E-state index in [2.05, 4.69) is 0 Å². The summed E-state index contributed by atoms with van der Waals surface area (Å²) in [5.74, 6) is 0. The summed E-state index contributed by atoms with van der Waals surface area (Å²) >= 11 is 0. The molecule has 128 valence electrons. The lowest BCUT2D eigenvalue weighted by Crippen LogP contribution is -2.43. The Bertz CT molecular complexity index is 713. The van der Waals surface area contributed by atoms with E-state index < -0.39 is 37.3 Å². The Morgan fingerprint density at radius 3 is 2.30 bits per heavy atom. The van der Waals surface area contributed by atoms with Gasteiger partial charge in [-0.25, -0.2) is 8.42 Å². The van der Waals surface area contributed by atoms with Gasteiger partial charge in [-0.15, -0.1) is 0 Å². The van der Waals surface area contributed by atoms with Crippen molar-refractivity contribution >= 4 is 15.7 Å². The molecule has 2 N–H and O–H groups in total. The molecular formula is C12H14F3N3O4S. The van der Waals surface area contributed by atoms with Gasteiger partial charge in [0.25, 0.3) is 5.69 Å². The number of nitro groups is 1. The smallest absolute Gasteiger partial charge is 0.328 e. The van der Waals surface area contributed by atoms with Crippen LogP contribution in [0.25, 0.3) is 0 Å². The minimum absolute atomic E-state index is 0.0117. The first-order valence-corrected chi connectivity index (χ1v) is 8.09. The molecule has 7 nitrogen and oxygen atoms in total. The Kier molecular flexibility index (Phi) is 4.64. The molecule has 0 bridgehead atoms. The highest BCUT2D eigenvalue weighted by molar-refractivity contribution is 7.89. The van der Waals surface area contributed by atoms with E-state index in [-0.39, 0.29) is 25.2 Å². The van der Waals surface area contributed by atoms with Crippen LogP contribution in [-0.2, 0) is 16.2 Å². The molecule has 2 rings (SSSR count). The van der Waals surface area contributed by atoms with E-state index >= 15 is 0 Å². The highest BCUT2D eigenvalue weighted by Crippen LogP contribution is 2.37. The Morgan fingerprint density at radius 2 is 1.83 bits per heavy atom. The molecule has 1 aromatic carbocycles. The van der Waals surface area contributed by atoms with E-state index in [9.17, 15) is 31.7 Å². The molecular weight excluding hydrogens is 339 g/mol. The molecule has 1 heterocycles. The summed E-state index contributed by atoms with van der Waals surface area (Å²) in [5, 5.41) is 10.6. The van der Waals surface area contributed by atoms with Gasteiger partial charge in [0, 0.05) is 31.3 Å². The van der Waals surface area contributed by atoms with Crippen LogP contribution in [0.4, 0.5) is 18.9 Å². The maximum atomic E-state index is 13.1. The van der Waals surface area contributed by atoms with Crippen LogP contribution in [0.15, 0.2) is 23.1 Å². The van der Waals surface area contributed by atoms with Crippen molar-refractivity contribution in [3.8, 4) is 0 Å². The lowest BCUT2D eigenvalue weighted by Gasteiger charge is -2.30. The SMILES string of the molecule is NC1CCN(S(=O)(=O)c2ccc([N+](=O)[O-])cc2C(F)(F)F)CC1. The first kappa shape index (κ1) is 17.6. The normalized spacial score (nSPS) is 18.1. The molecule has 0 saturated carbocycles. The van der Waals surface area contributed by atoms with E-state index in [1.807, 2.05) is 0 Å². The molecule has 0 spiro atoms. The molecule has 11 heteroatoms. The number of nitrogens with two attached hydrogens (primary N) is 1. The summed E-state index contributed by atoms with van der Waals surface area (Å²) in [5.41, 5.74) is 3.29. The number of halogens is 3. The minimum Gasteiger partial charge on any atom is -0.328 e. The summed E-state index contributed by atoms with van der Waals surface area (Å²) < 4.78 is 65.2. The van der Waals surface area contributed by atoms with Crippen molar-refractivity contribution in [2.45, 2.75) is 30.0 Å². The molecule has 0 aliphatic carbocycles. The fourth-order valence-corrected chi connectivity index (χ4v) is 4.00. The van der Waals surface area contributed by atoms with Crippen molar-refractivity contribution in [1.29, 1.82) is 0 Å². The van der Waals surface area contributed by atoms with Crippen LogP contribution >= 0.6 is 0 Å². The van der Waals surface area contributed by atoms with Crippen LogP contribution in [0, 0.1) is 10.1 Å². The van der Waals surface area contributed by atoms with Gasteiger partial charge in [0.2, 0.25) is 10.0 Å². The number of non-ortho nitro benzene ring substituents is 1. The average Bonchev–Trinajstić information content (AvgIpc) is 2.46. The van der Waals surface area contributed by atoms with Crippen molar-refractivity contribution in [1.82, 2.24) is 4.31 Å². The lowest BCUT2D eigenvalue weighted by molar-refractivity contribution is -0.385. The van der Waals surface area contributed by atoms with Crippen LogP contribution in [0.1, 0.15) is 18.4 Å². The monoisotopic (exact) mass is 353 g/mol. The van der Waals surface area contributed by atoms with E-state index in [1.165, 1.54) is 0 Å². The van der Waals surface area contributed by atoms with Crippen LogP contribution in [0.2, 0.25) is 0 Å². The number of hydrogen-bond acceptors (Lipinski definition) is 5. The second-order valence-corrected chi connectivity index (χ2v) is 7.08. The minimum atomic E-state index is -5.03. The third-order valence-electron chi connectivity index (χ3n) is 3.60. The standard InChI is InChI=1S/C12H14F3N3O4S/c13-12(14,15)10-7-9(18(19)20)1-2-11(10)23(21,22)17-5-3-8(16)4-6-17/h1-2,7-8H,3-6,16H2. The predicted molar refractivity (Wildman–Crippen MR) is 74.1 cm³/mol. The molecule has 1 saturated heterocycles. The van der Waals surface area contributed by atoms with Crippen LogP contribution in [-0.4, -0.2) is 36.8 Å². The summed E-state index contributed by atoms with van der Waals surface area (Å²) in [6, 6.07) is 1.42. The number of piperidine rings is 1. The molecule has 1 aliphatic rings. The molecule has 0 atom stereocenters. The van der Waals surface area contributed by atoms with Gasteiger partial charge in [-0.1, -0.05) is 0 Å². The number of nitro benzene ring substituents is 1. The number of rotatable bonds is 3. The lowest BCUT2D eigenvalue weighted by atomic mass is 10.1. The second kappa shape index (κ2) is 6.06. The highest BCUT2D eigenvalue weighted by Gasteiger charge is 2.41. The number of benzene rings is 1. The summed E-state index contributed by atoms with van der Waals surface area (Å²) in [4.78, 5) is 8.65. The van der Waals surface area contributed by atoms with Crippen molar-refractivity contribution in [3.05, 3.63) is 33.9 Å². The first-order chi connectivity index (χ1) is 10.5. The van der Waals surface area contributed by atoms with Gasteiger partial charge in [0.1, 0.15) is 0 Å². The first-order valence-electron chi connectivity index (χ1n) is 6.65. The third kappa shape index (κ3) is 3.62. The number of alkyl halides is 3. The third-order valence-corrected chi connectivity index (χ3v) is 5.55. The Morgan fingerprint density at radius 1 is 1.26 bits per heavy atom. The fraction of sp³-hybridized carbons (Fsp3) is 0.500. The van der Waals surface area contributed by atoms with Gasteiger partial charge in [0.05, 0.1) is 15.4 Å². The average molecular weight is 353 g/mol. The molecule has 0 unspecified atom stereocenters. The maximum Gasteiger partial charge on any atom is 0.417 e. The fourth-order valence-electron chi connectivity index (χ4n) is 2.33. The van der Waals surface area contributed by atoms with Gasteiger partial charge in [-0.2, -0.15) is 17.5 Å². The molecule has 1 aromatic rings. The molecule has 1 fully saturated rings. The number of sulfonamides is 1.